The van der Waals surface area contributed by atoms with Crippen LogP contribution in [0.2, 0.25) is 0 Å². The third-order valence-corrected chi connectivity index (χ3v) is 2.90. The number of carbonyl (C=O) groups excluding carboxylic acids is 1. The van der Waals surface area contributed by atoms with Gasteiger partial charge in [0.1, 0.15) is 5.75 Å². The molecule has 3 N–H and O–H groups in total. The molecule has 0 unspecified atom stereocenters. The molecule has 118 valence electrons. The number of carbonyl (C=O) groups is 1. The lowest BCUT2D eigenvalue weighted by Crippen LogP contribution is -2.41. The molecule has 0 aromatic heterocycles. The number of benzene rings is 1. The first-order chi connectivity index (χ1) is 9.92. The van der Waals surface area contributed by atoms with E-state index in [1.807, 2.05) is 13.8 Å². The number of halogens is 2. The molecule has 0 radical (unpaired) electrons. The third kappa shape index (κ3) is 6.40. The summed E-state index contributed by atoms with van der Waals surface area (Å²) in [6.07, 6.45) is 0.465. The Bertz CT molecular complexity index is 438. The normalized spacial score (nSPS) is 12.3. The number of anilines is 1. The van der Waals surface area contributed by atoms with Crippen molar-refractivity contribution < 1.29 is 23.4 Å². The first-order valence-corrected chi connectivity index (χ1v) is 6.65. The standard InChI is InChI=1S/C14H20F2N2O3/c1-9(2)12(7-8-19)18-14(20)17-10-3-5-11(6-4-10)21-13(15)16/h3-6,9,12-13,19H,7-8H2,1-2H3,(H2,17,18,20)/t12-/m0/s1. The Morgan fingerprint density at radius 2 is 1.90 bits per heavy atom. The minimum Gasteiger partial charge on any atom is -0.435 e. The van der Waals surface area contributed by atoms with Crippen molar-refractivity contribution in [2.45, 2.75) is 32.9 Å². The number of hydrogen-bond donors (Lipinski definition) is 3. The molecule has 1 atom stereocenters. The molecular formula is C14H20F2N2O3. The minimum absolute atomic E-state index is 0.0111. The van der Waals surface area contributed by atoms with Crippen LogP contribution >= 0.6 is 0 Å². The van der Waals surface area contributed by atoms with Gasteiger partial charge in [0.05, 0.1) is 0 Å². The molecule has 0 aliphatic carbocycles. The number of rotatable bonds is 7. The zero-order valence-electron chi connectivity index (χ0n) is 12.0. The second-order valence-electron chi connectivity index (χ2n) is 4.86. The van der Waals surface area contributed by atoms with Gasteiger partial charge < -0.3 is 20.5 Å². The Kier molecular flexibility index (Phi) is 6.87. The smallest absolute Gasteiger partial charge is 0.387 e. The highest BCUT2D eigenvalue weighted by molar-refractivity contribution is 5.89. The number of nitrogens with one attached hydrogen (secondary N) is 2. The van der Waals surface area contributed by atoms with Gasteiger partial charge in [0.25, 0.3) is 0 Å². The summed E-state index contributed by atoms with van der Waals surface area (Å²) in [5, 5.41) is 14.3. The van der Waals surface area contributed by atoms with Crippen LogP contribution in [-0.4, -0.2) is 30.4 Å². The number of aliphatic hydroxyl groups excluding tert-OH is 1. The summed E-state index contributed by atoms with van der Waals surface area (Å²) in [5.41, 5.74) is 0.459. The fourth-order valence-electron chi connectivity index (χ4n) is 1.77. The lowest BCUT2D eigenvalue weighted by atomic mass is 10.0. The number of amides is 2. The average Bonchev–Trinajstić information content (AvgIpc) is 2.40. The summed E-state index contributed by atoms with van der Waals surface area (Å²) in [5.74, 6) is 0.209. The molecule has 0 bridgehead atoms. The predicted molar refractivity (Wildman–Crippen MR) is 75.6 cm³/mol. The molecule has 0 fully saturated rings. The molecule has 1 aromatic carbocycles. The van der Waals surface area contributed by atoms with Gasteiger partial charge in [-0.3, -0.25) is 0 Å². The Hall–Kier alpha value is -1.89. The van der Waals surface area contributed by atoms with Gasteiger partial charge in [-0.15, -0.1) is 0 Å². The van der Waals surface area contributed by atoms with Crippen LogP contribution in [0.4, 0.5) is 19.3 Å². The van der Waals surface area contributed by atoms with Gasteiger partial charge >= 0.3 is 12.6 Å². The summed E-state index contributed by atoms with van der Waals surface area (Å²) in [4.78, 5) is 11.8. The minimum atomic E-state index is -2.88. The monoisotopic (exact) mass is 302 g/mol. The van der Waals surface area contributed by atoms with Gasteiger partial charge in [-0.05, 0) is 36.6 Å². The van der Waals surface area contributed by atoms with Crippen molar-refractivity contribution in [3.63, 3.8) is 0 Å². The number of aliphatic hydroxyl groups is 1. The van der Waals surface area contributed by atoms with E-state index in [1.165, 1.54) is 24.3 Å². The van der Waals surface area contributed by atoms with E-state index < -0.39 is 12.6 Å². The highest BCUT2D eigenvalue weighted by Crippen LogP contribution is 2.17. The maximum absolute atomic E-state index is 12.0. The Morgan fingerprint density at radius 3 is 2.38 bits per heavy atom. The van der Waals surface area contributed by atoms with E-state index in [-0.39, 0.29) is 24.3 Å². The summed E-state index contributed by atoms with van der Waals surface area (Å²) in [6, 6.07) is 5.06. The molecule has 0 aliphatic rings. The van der Waals surface area contributed by atoms with Crippen molar-refractivity contribution in [2.75, 3.05) is 11.9 Å². The van der Waals surface area contributed by atoms with Crippen molar-refractivity contribution in [1.29, 1.82) is 0 Å². The summed E-state index contributed by atoms with van der Waals surface area (Å²) >= 11 is 0. The lowest BCUT2D eigenvalue weighted by molar-refractivity contribution is -0.0498. The maximum atomic E-state index is 12.0. The topological polar surface area (TPSA) is 70.6 Å². The van der Waals surface area contributed by atoms with Crippen LogP contribution in [0.15, 0.2) is 24.3 Å². The molecule has 0 aliphatic heterocycles. The van der Waals surface area contributed by atoms with Gasteiger partial charge in [0.15, 0.2) is 0 Å². The zero-order chi connectivity index (χ0) is 15.8. The highest BCUT2D eigenvalue weighted by Gasteiger charge is 2.15. The molecule has 0 heterocycles. The molecule has 0 saturated carbocycles. The van der Waals surface area contributed by atoms with Crippen LogP contribution in [0.1, 0.15) is 20.3 Å². The van der Waals surface area contributed by atoms with Crippen LogP contribution in [0, 0.1) is 5.92 Å². The van der Waals surface area contributed by atoms with Gasteiger partial charge in [-0.1, -0.05) is 13.8 Å². The number of hydrogen-bond acceptors (Lipinski definition) is 3. The molecule has 2 amide bonds. The van der Waals surface area contributed by atoms with E-state index >= 15 is 0 Å². The van der Waals surface area contributed by atoms with Crippen LogP contribution in [0.3, 0.4) is 0 Å². The molecule has 21 heavy (non-hydrogen) atoms. The highest BCUT2D eigenvalue weighted by atomic mass is 19.3. The number of urea groups is 1. The second-order valence-corrected chi connectivity index (χ2v) is 4.86. The van der Waals surface area contributed by atoms with E-state index in [2.05, 4.69) is 15.4 Å². The largest absolute Gasteiger partial charge is 0.435 e. The van der Waals surface area contributed by atoms with Crippen molar-refractivity contribution in [1.82, 2.24) is 5.32 Å². The lowest BCUT2D eigenvalue weighted by Gasteiger charge is -2.21. The summed E-state index contributed by atoms with van der Waals surface area (Å²) in [7, 11) is 0. The van der Waals surface area contributed by atoms with Crippen molar-refractivity contribution in [2.24, 2.45) is 5.92 Å². The van der Waals surface area contributed by atoms with E-state index in [9.17, 15) is 13.6 Å². The summed E-state index contributed by atoms with van der Waals surface area (Å²) < 4.78 is 28.2. The van der Waals surface area contributed by atoms with E-state index in [0.29, 0.717) is 12.1 Å². The van der Waals surface area contributed by atoms with Gasteiger partial charge in [-0.25, -0.2) is 4.79 Å². The van der Waals surface area contributed by atoms with Crippen LogP contribution in [0.5, 0.6) is 5.75 Å². The average molecular weight is 302 g/mol. The fraction of sp³-hybridized carbons (Fsp3) is 0.500. The first kappa shape index (κ1) is 17.2. The second kappa shape index (κ2) is 8.41. The summed E-state index contributed by atoms with van der Waals surface area (Å²) in [6.45, 7) is 0.995. The third-order valence-electron chi connectivity index (χ3n) is 2.90. The molecule has 0 spiro atoms. The quantitative estimate of drug-likeness (QED) is 0.725. The van der Waals surface area contributed by atoms with Crippen LogP contribution in [-0.2, 0) is 0 Å². The van der Waals surface area contributed by atoms with Gasteiger partial charge in [0.2, 0.25) is 0 Å². The Morgan fingerprint density at radius 1 is 1.29 bits per heavy atom. The van der Waals surface area contributed by atoms with Crippen LogP contribution in [0.25, 0.3) is 0 Å². The predicted octanol–water partition coefficient (Wildman–Crippen LogP) is 2.82. The molecule has 1 aromatic rings. The van der Waals surface area contributed by atoms with Crippen molar-refractivity contribution >= 4 is 11.7 Å². The van der Waals surface area contributed by atoms with Gasteiger partial charge in [0, 0.05) is 18.3 Å². The van der Waals surface area contributed by atoms with Crippen LogP contribution < -0.4 is 15.4 Å². The van der Waals surface area contributed by atoms with E-state index in [0.717, 1.165) is 0 Å². The van der Waals surface area contributed by atoms with Gasteiger partial charge in [-0.2, -0.15) is 8.78 Å². The first-order valence-electron chi connectivity index (χ1n) is 6.65. The van der Waals surface area contributed by atoms with Crippen molar-refractivity contribution in [3.05, 3.63) is 24.3 Å². The van der Waals surface area contributed by atoms with E-state index in [1.54, 1.807) is 0 Å². The maximum Gasteiger partial charge on any atom is 0.387 e. The molecule has 0 saturated heterocycles. The fourth-order valence-corrected chi connectivity index (χ4v) is 1.77. The molecule has 1 rings (SSSR count). The zero-order valence-corrected chi connectivity index (χ0v) is 12.0. The van der Waals surface area contributed by atoms with Crippen molar-refractivity contribution in [3.8, 4) is 5.75 Å². The Balaban J connectivity index is 2.54. The molecule has 7 heteroatoms. The van der Waals surface area contributed by atoms with E-state index in [4.69, 9.17) is 5.11 Å². The molecule has 5 nitrogen and oxygen atoms in total. The number of alkyl halides is 2. The SMILES string of the molecule is CC(C)[C@H](CCO)NC(=O)Nc1ccc(OC(F)F)cc1. The number of ether oxygens (including phenoxy) is 1. The Labute approximate surface area is 122 Å². The molecular weight excluding hydrogens is 282 g/mol.